The Bertz CT molecular complexity index is 1180. The first-order valence-electron chi connectivity index (χ1n) is 11.6. The van der Waals surface area contributed by atoms with E-state index in [-0.39, 0.29) is 5.95 Å². The number of anilines is 2. The number of morpholine rings is 1. The molecule has 2 fully saturated rings. The van der Waals surface area contributed by atoms with Crippen molar-refractivity contribution >= 4 is 23.6 Å². The number of rotatable bonds is 4. The molecule has 0 spiro atoms. The van der Waals surface area contributed by atoms with Gasteiger partial charge in [0, 0.05) is 44.8 Å². The summed E-state index contributed by atoms with van der Waals surface area (Å²) in [7, 11) is 0. The van der Waals surface area contributed by atoms with E-state index in [9.17, 15) is 0 Å². The van der Waals surface area contributed by atoms with E-state index < -0.39 is 0 Å². The highest BCUT2D eigenvalue weighted by atomic mass is 16.5. The smallest absolute Gasteiger partial charge is 0.318 e. The minimum atomic E-state index is 0.232. The number of piperidine rings is 1. The normalized spacial score (nSPS) is 19.5. The minimum Gasteiger partial charge on any atom is -0.403 e. The van der Waals surface area contributed by atoms with Crippen LogP contribution in [-0.4, -0.2) is 70.5 Å². The van der Waals surface area contributed by atoms with Crippen molar-refractivity contribution in [3.05, 3.63) is 47.3 Å². The van der Waals surface area contributed by atoms with Crippen molar-refractivity contribution in [1.29, 1.82) is 0 Å². The molecule has 3 aromatic rings. The van der Waals surface area contributed by atoms with Gasteiger partial charge < -0.3 is 19.8 Å². The molecule has 2 aromatic heterocycles. The zero-order valence-corrected chi connectivity index (χ0v) is 18.5. The van der Waals surface area contributed by atoms with Gasteiger partial charge in [0.25, 0.3) is 5.89 Å². The summed E-state index contributed by atoms with van der Waals surface area (Å²) in [5.41, 5.74) is 10.9. The average Bonchev–Trinajstić information content (AvgIpc) is 3.52. The minimum absolute atomic E-state index is 0.232. The third-order valence-electron chi connectivity index (χ3n) is 6.82. The van der Waals surface area contributed by atoms with Gasteiger partial charge in [0.15, 0.2) is 0 Å². The van der Waals surface area contributed by atoms with Crippen molar-refractivity contribution in [3.63, 3.8) is 0 Å². The van der Waals surface area contributed by atoms with E-state index in [0.29, 0.717) is 23.5 Å². The number of nitrogens with two attached hydrogens (primary N) is 1. The topological polar surface area (TPSA) is 106 Å². The fourth-order valence-electron chi connectivity index (χ4n) is 5.05. The predicted molar refractivity (Wildman–Crippen MR) is 125 cm³/mol. The number of fused-ring (bicyclic) bond motifs is 1. The first-order valence-corrected chi connectivity index (χ1v) is 11.6. The van der Waals surface area contributed by atoms with Crippen LogP contribution in [0, 0.1) is 0 Å². The Morgan fingerprint density at radius 1 is 1.00 bits per heavy atom. The quantitative estimate of drug-likeness (QED) is 0.648. The predicted octanol–water partition coefficient (Wildman–Crippen LogP) is 2.51. The van der Waals surface area contributed by atoms with E-state index in [1.165, 1.54) is 11.1 Å². The second kappa shape index (κ2) is 8.57. The maximum Gasteiger partial charge on any atom is 0.318 e. The molecule has 33 heavy (non-hydrogen) atoms. The molecule has 2 saturated heterocycles. The lowest BCUT2D eigenvalue weighted by molar-refractivity contribution is 0.0113. The molecule has 1 aliphatic carbocycles. The monoisotopic (exact) mass is 445 g/mol. The molecule has 9 heteroatoms. The molecule has 0 saturated carbocycles. The molecule has 0 bridgehead atoms. The highest BCUT2D eigenvalue weighted by molar-refractivity contribution is 5.91. The van der Waals surface area contributed by atoms with E-state index in [4.69, 9.17) is 14.9 Å². The van der Waals surface area contributed by atoms with Crippen molar-refractivity contribution in [2.24, 2.45) is 0 Å². The second-order valence-corrected chi connectivity index (χ2v) is 8.79. The molecule has 0 atom stereocenters. The lowest BCUT2D eigenvalue weighted by Crippen LogP contribution is -2.49. The molecular formula is C24H27N7O2. The Morgan fingerprint density at radius 3 is 2.64 bits per heavy atom. The zero-order chi connectivity index (χ0) is 22.2. The number of ether oxygens (including phenoxy) is 1. The molecule has 0 radical (unpaired) electrons. The Morgan fingerprint density at radius 2 is 1.82 bits per heavy atom. The van der Waals surface area contributed by atoms with Gasteiger partial charge >= 0.3 is 6.01 Å². The molecule has 9 nitrogen and oxygen atoms in total. The second-order valence-electron chi connectivity index (χ2n) is 8.79. The van der Waals surface area contributed by atoms with Crippen molar-refractivity contribution in [3.8, 4) is 11.5 Å². The number of hydrogen-bond donors (Lipinski definition) is 1. The zero-order valence-electron chi connectivity index (χ0n) is 18.5. The Kier molecular flexibility index (Phi) is 5.27. The van der Waals surface area contributed by atoms with E-state index in [1.807, 2.05) is 6.07 Å². The molecule has 0 unspecified atom stereocenters. The van der Waals surface area contributed by atoms with E-state index in [1.54, 1.807) is 6.20 Å². The standard InChI is InChI=1S/C24H27N7O2/c25-23-26-15-20(21(27-23)18-13-16-3-1-2-4-17(16)14-18)22-28-29-24(33-22)31-7-5-19(6-8-31)30-9-11-32-12-10-30/h1-4,13,15,19H,5-12,14H2,(H2,25,26,27). The fraction of sp³-hybridized carbons (Fsp3) is 0.417. The third kappa shape index (κ3) is 3.98. The van der Waals surface area contributed by atoms with Crippen LogP contribution in [0.4, 0.5) is 12.0 Å². The average molecular weight is 446 g/mol. The van der Waals surface area contributed by atoms with Crippen molar-refractivity contribution in [1.82, 2.24) is 25.1 Å². The first kappa shape index (κ1) is 20.3. The lowest BCUT2D eigenvalue weighted by atomic mass is 10.0. The summed E-state index contributed by atoms with van der Waals surface area (Å²) < 4.78 is 11.6. The van der Waals surface area contributed by atoms with Crippen molar-refractivity contribution < 1.29 is 9.15 Å². The van der Waals surface area contributed by atoms with Gasteiger partial charge in [-0.25, -0.2) is 9.97 Å². The van der Waals surface area contributed by atoms with Gasteiger partial charge in [-0.05, 0) is 35.6 Å². The van der Waals surface area contributed by atoms with Crippen LogP contribution in [0.3, 0.4) is 0 Å². The van der Waals surface area contributed by atoms with Crippen LogP contribution < -0.4 is 10.6 Å². The highest BCUT2D eigenvalue weighted by Crippen LogP contribution is 2.36. The number of hydrogen-bond acceptors (Lipinski definition) is 9. The number of nitrogen functional groups attached to an aromatic ring is 1. The van der Waals surface area contributed by atoms with E-state index in [0.717, 1.165) is 69.9 Å². The number of allylic oxidation sites excluding steroid dienone is 1. The highest BCUT2D eigenvalue weighted by Gasteiger charge is 2.29. The molecular weight excluding hydrogens is 418 g/mol. The largest absolute Gasteiger partial charge is 0.403 e. The molecule has 0 amide bonds. The van der Waals surface area contributed by atoms with Gasteiger partial charge in [0.2, 0.25) is 5.95 Å². The van der Waals surface area contributed by atoms with Gasteiger partial charge in [-0.1, -0.05) is 29.4 Å². The maximum absolute atomic E-state index is 6.13. The van der Waals surface area contributed by atoms with Crippen molar-refractivity contribution in [2.75, 3.05) is 50.0 Å². The van der Waals surface area contributed by atoms with Gasteiger partial charge in [0.05, 0.1) is 24.5 Å². The first-order chi connectivity index (χ1) is 16.2. The third-order valence-corrected chi connectivity index (χ3v) is 6.82. The summed E-state index contributed by atoms with van der Waals surface area (Å²) in [5.74, 6) is 0.655. The van der Waals surface area contributed by atoms with E-state index in [2.05, 4.69) is 54.2 Å². The Labute approximate surface area is 192 Å². The summed E-state index contributed by atoms with van der Waals surface area (Å²) in [6.07, 6.45) is 6.78. The Balaban J connectivity index is 1.21. The fourth-order valence-corrected chi connectivity index (χ4v) is 5.05. The van der Waals surface area contributed by atoms with Crippen LogP contribution in [0.15, 0.2) is 34.9 Å². The summed E-state index contributed by atoms with van der Waals surface area (Å²) in [6.45, 7) is 5.51. The van der Waals surface area contributed by atoms with Crippen LogP contribution in [0.5, 0.6) is 0 Å². The summed E-state index contributed by atoms with van der Waals surface area (Å²) >= 11 is 0. The molecule has 170 valence electrons. The van der Waals surface area contributed by atoms with Gasteiger partial charge in [-0.15, -0.1) is 5.10 Å². The van der Waals surface area contributed by atoms with Crippen LogP contribution in [0.2, 0.25) is 0 Å². The summed E-state index contributed by atoms with van der Waals surface area (Å²) in [4.78, 5) is 13.5. The lowest BCUT2D eigenvalue weighted by Gasteiger charge is -2.39. The molecule has 1 aromatic carbocycles. The van der Waals surface area contributed by atoms with Gasteiger partial charge in [-0.3, -0.25) is 4.90 Å². The number of aromatic nitrogens is 4. The molecule has 2 aliphatic heterocycles. The number of nitrogens with zero attached hydrogens (tertiary/aromatic N) is 6. The van der Waals surface area contributed by atoms with Crippen LogP contribution in [-0.2, 0) is 11.2 Å². The number of benzene rings is 1. The van der Waals surface area contributed by atoms with Crippen LogP contribution >= 0.6 is 0 Å². The SMILES string of the molecule is Nc1ncc(-c2nnc(N3CCC(N4CCOCC4)CC3)o2)c(C2=Cc3ccccc3C2)n1. The van der Waals surface area contributed by atoms with Crippen LogP contribution in [0.25, 0.3) is 23.1 Å². The Hall–Kier alpha value is -3.30. The molecule has 3 aliphatic rings. The van der Waals surface area contributed by atoms with Crippen LogP contribution in [0.1, 0.15) is 29.7 Å². The molecule has 4 heterocycles. The molecule has 2 N–H and O–H groups in total. The molecule has 6 rings (SSSR count). The van der Waals surface area contributed by atoms with Gasteiger partial charge in [-0.2, -0.15) is 0 Å². The maximum atomic E-state index is 6.13. The summed E-state index contributed by atoms with van der Waals surface area (Å²) in [6, 6.07) is 9.49. The van der Waals surface area contributed by atoms with Crippen molar-refractivity contribution in [2.45, 2.75) is 25.3 Å². The van der Waals surface area contributed by atoms with E-state index >= 15 is 0 Å². The van der Waals surface area contributed by atoms with Gasteiger partial charge in [0.1, 0.15) is 0 Å². The summed E-state index contributed by atoms with van der Waals surface area (Å²) in [5, 5.41) is 8.70.